The summed E-state index contributed by atoms with van der Waals surface area (Å²) in [7, 11) is 0. The van der Waals surface area contributed by atoms with E-state index in [1.54, 1.807) is 0 Å². The van der Waals surface area contributed by atoms with Crippen LogP contribution >= 0.6 is 0 Å². The molecule has 2 heteroatoms. The van der Waals surface area contributed by atoms with Gasteiger partial charge in [0.15, 0.2) is 0 Å². The first-order chi connectivity index (χ1) is 7.18. The Balaban J connectivity index is 2.18. The van der Waals surface area contributed by atoms with Crippen molar-refractivity contribution in [2.24, 2.45) is 0 Å². The minimum atomic E-state index is 0.0913. The monoisotopic (exact) mass is 203 g/mol. The second kappa shape index (κ2) is 4.07. The molecule has 2 rings (SSSR count). The summed E-state index contributed by atoms with van der Waals surface area (Å²) in [5, 5.41) is 1.92. The van der Waals surface area contributed by atoms with E-state index in [9.17, 15) is 0 Å². The molecule has 1 aromatic carbocycles. The van der Waals surface area contributed by atoms with Gasteiger partial charge in [-0.2, -0.15) is 0 Å². The highest BCUT2D eigenvalue weighted by molar-refractivity contribution is 5.26. The van der Waals surface area contributed by atoms with E-state index in [1.807, 2.05) is 23.3 Å². The van der Waals surface area contributed by atoms with Gasteiger partial charge in [0.05, 0.1) is 6.04 Å². The van der Waals surface area contributed by atoms with Crippen LogP contribution < -0.4 is 0 Å². The zero-order chi connectivity index (χ0) is 10.8. The van der Waals surface area contributed by atoms with Gasteiger partial charge in [-0.1, -0.05) is 30.3 Å². The fourth-order valence-electron chi connectivity index (χ4n) is 1.73. The number of rotatable bonds is 2. The average molecular weight is 203 g/mol. The molecule has 1 aliphatic heterocycles. The predicted molar refractivity (Wildman–Crippen MR) is 61.0 cm³/mol. The normalized spacial score (nSPS) is 20.9. The Bertz CT molecular complexity index is 356. The summed E-state index contributed by atoms with van der Waals surface area (Å²) < 4.78 is 0. The molecule has 1 aromatic rings. The van der Waals surface area contributed by atoms with E-state index in [2.05, 4.69) is 39.1 Å². The lowest BCUT2D eigenvalue weighted by Gasteiger charge is -2.21. The minimum absolute atomic E-state index is 0.0913. The van der Waals surface area contributed by atoms with E-state index >= 15 is 0 Å². The van der Waals surface area contributed by atoms with E-state index in [0.717, 1.165) is 0 Å². The maximum atomic E-state index is 5.86. The lowest BCUT2D eigenvalue weighted by Crippen LogP contribution is -2.22. The van der Waals surface area contributed by atoms with E-state index in [-0.39, 0.29) is 6.10 Å². The second-order valence-electron chi connectivity index (χ2n) is 4.22. The van der Waals surface area contributed by atoms with Crippen molar-refractivity contribution in [3.8, 4) is 0 Å². The topological polar surface area (TPSA) is 12.5 Å². The Labute approximate surface area is 91.1 Å². The van der Waals surface area contributed by atoms with Gasteiger partial charge < -0.3 is 0 Å². The van der Waals surface area contributed by atoms with Gasteiger partial charge in [-0.15, -0.1) is 0 Å². The zero-order valence-electron chi connectivity index (χ0n) is 9.47. The number of hydrogen-bond acceptors (Lipinski definition) is 2. The molecule has 0 saturated carbocycles. The third kappa shape index (κ3) is 2.05. The Morgan fingerprint density at radius 1 is 1.20 bits per heavy atom. The van der Waals surface area contributed by atoms with Gasteiger partial charge >= 0.3 is 0 Å². The molecule has 1 atom stereocenters. The molecule has 0 radical (unpaired) electrons. The highest BCUT2D eigenvalue weighted by Crippen LogP contribution is 2.33. The van der Waals surface area contributed by atoms with E-state index in [1.165, 1.54) is 11.1 Å². The van der Waals surface area contributed by atoms with E-state index in [4.69, 9.17) is 4.84 Å². The van der Waals surface area contributed by atoms with Crippen molar-refractivity contribution in [3.05, 3.63) is 47.7 Å². The second-order valence-corrected chi connectivity index (χ2v) is 4.22. The van der Waals surface area contributed by atoms with Gasteiger partial charge in [-0.05, 0) is 31.9 Å². The summed E-state index contributed by atoms with van der Waals surface area (Å²) in [6.45, 7) is 6.36. The molecule has 0 saturated heterocycles. The summed E-state index contributed by atoms with van der Waals surface area (Å²) in [6, 6.07) is 10.7. The molecule has 0 spiro atoms. The van der Waals surface area contributed by atoms with Crippen molar-refractivity contribution in [1.29, 1.82) is 0 Å². The molecule has 1 unspecified atom stereocenters. The molecule has 0 aliphatic carbocycles. The summed E-state index contributed by atoms with van der Waals surface area (Å²) in [4.78, 5) is 5.86. The molecule has 1 aliphatic rings. The van der Waals surface area contributed by atoms with Crippen molar-refractivity contribution in [2.45, 2.75) is 32.9 Å². The van der Waals surface area contributed by atoms with Crippen LogP contribution in [0.15, 0.2) is 42.1 Å². The van der Waals surface area contributed by atoms with Crippen LogP contribution in [0.4, 0.5) is 0 Å². The molecule has 15 heavy (non-hydrogen) atoms. The standard InChI is InChI=1S/C13H17NO/c1-10(2)14-9-11(3)13(15-14)12-7-5-4-6-8-12/h4-10,13H,1-3H3. The maximum absolute atomic E-state index is 5.86. The largest absolute Gasteiger partial charge is 0.261 e. The number of hydrogen-bond donors (Lipinski definition) is 0. The highest BCUT2D eigenvalue weighted by Gasteiger charge is 2.25. The molecule has 0 amide bonds. The summed E-state index contributed by atoms with van der Waals surface area (Å²) >= 11 is 0. The Morgan fingerprint density at radius 2 is 1.87 bits per heavy atom. The molecule has 0 N–H and O–H groups in total. The lowest BCUT2D eigenvalue weighted by molar-refractivity contribution is -0.151. The van der Waals surface area contributed by atoms with Crippen LogP contribution in [0.25, 0.3) is 0 Å². The number of hydroxylamine groups is 2. The average Bonchev–Trinajstić information content (AvgIpc) is 2.62. The lowest BCUT2D eigenvalue weighted by atomic mass is 10.0. The van der Waals surface area contributed by atoms with Crippen LogP contribution in [0.3, 0.4) is 0 Å². The maximum Gasteiger partial charge on any atom is 0.133 e. The van der Waals surface area contributed by atoms with E-state index < -0.39 is 0 Å². The molecule has 0 aromatic heterocycles. The molecule has 0 fully saturated rings. The van der Waals surface area contributed by atoms with Gasteiger partial charge in [0, 0.05) is 6.20 Å². The quantitative estimate of drug-likeness (QED) is 0.731. The van der Waals surface area contributed by atoms with Crippen LogP contribution in [0.5, 0.6) is 0 Å². The third-order valence-electron chi connectivity index (χ3n) is 2.58. The molecule has 80 valence electrons. The van der Waals surface area contributed by atoms with Crippen LogP contribution in [0.1, 0.15) is 32.4 Å². The van der Waals surface area contributed by atoms with Crippen LogP contribution in [-0.4, -0.2) is 11.1 Å². The van der Waals surface area contributed by atoms with Gasteiger partial charge in [0.2, 0.25) is 0 Å². The molecule has 1 heterocycles. The first kappa shape index (κ1) is 10.2. The van der Waals surface area contributed by atoms with Gasteiger partial charge in [0.1, 0.15) is 6.10 Å². The van der Waals surface area contributed by atoms with Gasteiger partial charge in [-0.3, -0.25) is 9.90 Å². The smallest absolute Gasteiger partial charge is 0.133 e. The van der Waals surface area contributed by atoms with Crippen molar-refractivity contribution in [2.75, 3.05) is 0 Å². The fraction of sp³-hybridized carbons (Fsp3) is 0.385. The first-order valence-electron chi connectivity index (χ1n) is 5.37. The Hall–Kier alpha value is -1.28. The summed E-state index contributed by atoms with van der Waals surface area (Å²) in [6.07, 6.45) is 2.18. The van der Waals surface area contributed by atoms with Gasteiger partial charge in [-0.25, -0.2) is 0 Å². The van der Waals surface area contributed by atoms with Crippen LogP contribution in [0.2, 0.25) is 0 Å². The fourth-order valence-corrected chi connectivity index (χ4v) is 1.73. The number of benzene rings is 1. The Morgan fingerprint density at radius 3 is 2.40 bits per heavy atom. The SMILES string of the molecule is CC1=CN(C(C)C)OC1c1ccccc1. The predicted octanol–water partition coefficient (Wildman–Crippen LogP) is 3.29. The van der Waals surface area contributed by atoms with Crippen molar-refractivity contribution in [3.63, 3.8) is 0 Å². The minimum Gasteiger partial charge on any atom is -0.261 e. The summed E-state index contributed by atoms with van der Waals surface area (Å²) in [5.41, 5.74) is 2.48. The molecule has 2 nitrogen and oxygen atoms in total. The molecule has 0 bridgehead atoms. The highest BCUT2D eigenvalue weighted by atomic mass is 16.7. The van der Waals surface area contributed by atoms with E-state index in [0.29, 0.717) is 6.04 Å². The molecular weight excluding hydrogens is 186 g/mol. The summed E-state index contributed by atoms with van der Waals surface area (Å²) in [5.74, 6) is 0. The van der Waals surface area contributed by atoms with Crippen LogP contribution in [0, 0.1) is 0 Å². The van der Waals surface area contributed by atoms with Crippen molar-refractivity contribution < 1.29 is 4.84 Å². The molecular formula is C13H17NO. The third-order valence-corrected chi connectivity index (χ3v) is 2.58. The zero-order valence-corrected chi connectivity index (χ0v) is 9.47. The first-order valence-corrected chi connectivity index (χ1v) is 5.37. The van der Waals surface area contributed by atoms with Crippen LogP contribution in [-0.2, 0) is 4.84 Å². The Kier molecular flexibility index (Phi) is 2.78. The van der Waals surface area contributed by atoms with Crippen molar-refractivity contribution >= 4 is 0 Å². The van der Waals surface area contributed by atoms with Gasteiger partial charge in [0.25, 0.3) is 0 Å². The number of nitrogens with zero attached hydrogens (tertiary/aromatic N) is 1. The van der Waals surface area contributed by atoms with Crippen molar-refractivity contribution in [1.82, 2.24) is 5.06 Å².